The van der Waals surface area contributed by atoms with Crippen LogP contribution in [0.2, 0.25) is 0 Å². The molecule has 5 nitrogen and oxygen atoms in total. The van der Waals surface area contributed by atoms with Crippen molar-refractivity contribution in [2.45, 2.75) is 13.5 Å². The number of aromatic nitrogens is 1. The number of nitrogens with one attached hydrogen (secondary N) is 1. The summed E-state index contributed by atoms with van der Waals surface area (Å²) < 4.78 is 10.5. The average molecular weight is 328 g/mol. The Balaban J connectivity index is 1.70. The molecule has 0 aliphatic carbocycles. The molecule has 0 fully saturated rings. The fraction of sp³-hybridized carbons (Fsp3) is 0.176. The molecule has 0 unspecified atom stereocenters. The van der Waals surface area contributed by atoms with Crippen LogP contribution in [0, 0.1) is 6.92 Å². The zero-order chi connectivity index (χ0) is 16.2. The van der Waals surface area contributed by atoms with Gasteiger partial charge in [-0.05, 0) is 36.8 Å². The molecule has 0 saturated carbocycles. The first-order valence-electron chi connectivity index (χ1n) is 7.09. The Hall–Kier alpha value is -2.60. The molecule has 3 aromatic rings. The maximum Gasteiger partial charge on any atom is 0.274 e. The molecule has 0 bridgehead atoms. The van der Waals surface area contributed by atoms with Gasteiger partial charge in [-0.15, -0.1) is 11.3 Å². The maximum atomic E-state index is 12.3. The van der Waals surface area contributed by atoms with E-state index in [9.17, 15) is 4.79 Å². The van der Waals surface area contributed by atoms with Crippen molar-refractivity contribution in [3.8, 4) is 16.4 Å². The smallest absolute Gasteiger partial charge is 0.274 e. The van der Waals surface area contributed by atoms with Gasteiger partial charge in [-0.25, -0.2) is 4.98 Å². The molecule has 0 saturated heterocycles. The zero-order valence-corrected chi connectivity index (χ0v) is 13.6. The van der Waals surface area contributed by atoms with Crippen LogP contribution in [-0.4, -0.2) is 18.0 Å². The summed E-state index contributed by atoms with van der Waals surface area (Å²) in [7, 11) is 1.62. The van der Waals surface area contributed by atoms with Crippen molar-refractivity contribution in [2.24, 2.45) is 0 Å². The number of methoxy groups -OCH3 is 1. The highest BCUT2D eigenvalue weighted by Gasteiger charge is 2.19. The number of carbonyl (C=O) groups is 1. The maximum absolute atomic E-state index is 12.3. The fourth-order valence-corrected chi connectivity index (χ4v) is 3.01. The highest BCUT2D eigenvalue weighted by molar-refractivity contribution is 7.15. The van der Waals surface area contributed by atoms with Crippen molar-refractivity contribution >= 4 is 17.2 Å². The second kappa shape index (κ2) is 6.66. The van der Waals surface area contributed by atoms with Crippen LogP contribution < -0.4 is 10.1 Å². The monoisotopic (exact) mass is 328 g/mol. The van der Waals surface area contributed by atoms with E-state index in [1.54, 1.807) is 18.4 Å². The van der Waals surface area contributed by atoms with Crippen molar-refractivity contribution in [2.75, 3.05) is 7.11 Å². The highest BCUT2D eigenvalue weighted by Crippen LogP contribution is 2.30. The van der Waals surface area contributed by atoms with Crippen LogP contribution in [-0.2, 0) is 6.54 Å². The minimum Gasteiger partial charge on any atom is -0.497 e. The molecule has 3 rings (SSSR count). The van der Waals surface area contributed by atoms with Crippen LogP contribution in [0.1, 0.15) is 20.9 Å². The number of amides is 1. The molecular weight excluding hydrogens is 312 g/mol. The predicted octanol–water partition coefficient (Wildman–Crippen LogP) is 3.65. The second-order valence-electron chi connectivity index (χ2n) is 4.97. The topological polar surface area (TPSA) is 64.4 Å². The second-order valence-corrected chi connectivity index (χ2v) is 6.26. The van der Waals surface area contributed by atoms with Gasteiger partial charge in [0.25, 0.3) is 5.91 Å². The van der Waals surface area contributed by atoms with Gasteiger partial charge in [-0.2, -0.15) is 0 Å². The van der Waals surface area contributed by atoms with Gasteiger partial charge in [0.1, 0.15) is 5.75 Å². The van der Waals surface area contributed by atoms with Crippen LogP contribution in [0.5, 0.6) is 5.75 Å². The van der Waals surface area contributed by atoms with E-state index in [0.29, 0.717) is 18.0 Å². The number of ether oxygens (including phenoxy) is 1. The SMILES string of the molecule is COc1ccc(CNC(=O)c2ncoc2-c2ccc(C)s2)cc1. The Morgan fingerprint density at radius 1 is 1.26 bits per heavy atom. The molecule has 2 heterocycles. The van der Waals surface area contributed by atoms with Gasteiger partial charge in [0.2, 0.25) is 0 Å². The molecule has 0 aliphatic heterocycles. The number of thiophene rings is 1. The lowest BCUT2D eigenvalue weighted by molar-refractivity contribution is 0.0947. The summed E-state index contributed by atoms with van der Waals surface area (Å²) in [5, 5.41) is 2.86. The number of benzene rings is 1. The van der Waals surface area contributed by atoms with E-state index in [4.69, 9.17) is 9.15 Å². The molecule has 23 heavy (non-hydrogen) atoms. The van der Waals surface area contributed by atoms with Crippen molar-refractivity contribution in [3.05, 3.63) is 58.9 Å². The van der Waals surface area contributed by atoms with Gasteiger partial charge in [0.15, 0.2) is 17.8 Å². The summed E-state index contributed by atoms with van der Waals surface area (Å²) in [6.45, 7) is 2.42. The summed E-state index contributed by atoms with van der Waals surface area (Å²) in [4.78, 5) is 18.5. The third kappa shape index (κ3) is 3.43. The first-order valence-corrected chi connectivity index (χ1v) is 7.90. The van der Waals surface area contributed by atoms with E-state index in [1.165, 1.54) is 6.39 Å². The summed E-state index contributed by atoms with van der Waals surface area (Å²) in [6, 6.07) is 11.5. The van der Waals surface area contributed by atoms with E-state index in [2.05, 4.69) is 10.3 Å². The van der Waals surface area contributed by atoms with Crippen molar-refractivity contribution in [3.63, 3.8) is 0 Å². The normalized spacial score (nSPS) is 10.5. The van der Waals surface area contributed by atoms with Crippen molar-refractivity contribution < 1.29 is 13.9 Å². The molecule has 0 atom stereocenters. The number of nitrogens with zero attached hydrogens (tertiary/aromatic N) is 1. The molecule has 1 aromatic carbocycles. The third-order valence-corrected chi connectivity index (χ3v) is 4.36. The quantitative estimate of drug-likeness (QED) is 0.776. The molecule has 0 spiro atoms. The van der Waals surface area contributed by atoms with Gasteiger partial charge in [0.05, 0.1) is 12.0 Å². The first-order chi connectivity index (χ1) is 11.2. The molecule has 1 amide bonds. The lowest BCUT2D eigenvalue weighted by Gasteiger charge is -2.05. The summed E-state index contributed by atoms with van der Waals surface area (Å²) in [5.74, 6) is 1.04. The molecule has 0 radical (unpaired) electrons. The third-order valence-electron chi connectivity index (χ3n) is 3.36. The largest absolute Gasteiger partial charge is 0.497 e. The van der Waals surface area contributed by atoms with Gasteiger partial charge in [-0.1, -0.05) is 12.1 Å². The van der Waals surface area contributed by atoms with Crippen LogP contribution in [0.4, 0.5) is 0 Å². The number of hydrogen-bond acceptors (Lipinski definition) is 5. The molecule has 118 valence electrons. The van der Waals surface area contributed by atoms with Crippen molar-refractivity contribution in [1.29, 1.82) is 0 Å². The highest BCUT2D eigenvalue weighted by atomic mass is 32.1. The Morgan fingerprint density at radius 3 is 2.70 bits per heavy atom. The predicted molar refractivity (Wildman–Crippen MR) is 88.7 cm³/mol. The minimum absolute atomic E-state index is 0.254. The number of hydrogen-bond donors (Lipinski definition) is 1. The van der Waals surface area contributed by atoms with Crippen molar-refractivity contribution in [1.82, 2.24) is 10.3 Å². The molecule has 2 aromatic heterocycles. The molecule has 0 aliphatic rings. The number of carbonyl (C=O) groups excluding carboxylic acids is 1. The minimum atomic E-state index is -0.254. The van der Waals surface area contributed by atoms with Crippen LogP contribution in [0.15, 0.2) is 47.2 Å². The van der Waals surface area contributed by atoms with Gasteiger partial charge in [0, 0.05) is 11.4 Å². The van der Waals surface area contributed by atoms with E-state index in [0.717, 1.165) is 21.1 Å². The number of rotatable bonds is 5. The Kier molecular flexibility index (Phi) is 4.43. The van der Waals surface area contributed by atoms with Crippen LogP contribution >= 0.6 is 11.3 Å². The summed E-state index contributed by atoms with van der Waals surface area (Å²) in [6.07, 6.45) is 1.30. The summed E-state index contributed by atoms with van der Waals surface area (Å²) >= 11 is 1.57. The van der Waals surface area contributed by atoms with E-state index >= 15 is 0 Å². The Bertz CT molecular complexity index is 805. The molecule has 1 N–H and O–H groups in total. The van der Waals surface area contributed by atoms with E-state index in [1.807, 2.05) is 43.3 Å². The Morgan fingerprint density at radius 2 is 2.04 bits per heavy atom. The average Bonchev–Trinajstić information content (AvgIpc) is 3.21. The first kappa shape index (κ1) is 15.3. The van der Waals surface area contributed by atoms with Gasteiger partial charge < -0.3 is 14.5 Å². The number of aryl methyl sites for hydroxylation is 1. The zero-order valence-electron chi connectivity index (χ0n) is 12.8. The van der Waals surface area contributed by atoms with Crippen LogP contribution in [0.3, 0.4) is 0 Å². The van der Waals surface area contributed by atoms with Crippen LogP contribution in [0.25, 0.3) is 10.6 Å². The van der Waals surface area contributed by atoms with E-state index < -0.39 is 0 Å². The lowest BCUT2D eigenvalue weighted by atomic mass is 10.2. The summed E-state index contributed by atoms with van der Waals surface area (Å²) in [5.41, 5.74) is 1.29. The lowest BCUT2D eigenvalue weighted by Crippen LogP contribution is -2.23. The standard InChI is InChI=1S/C17H16N2O3S/c1-11-3-8-14(23-11)16-15(19-10-22-16)17(20)18-9-12-4-6-13(21-2)7-5-12/h3-8,10H,9H2,1-2H3,(H,18,20). The van der Waals surface area contributed by atoms with Gasteiger partial charge >= 0.3 is 0 Å². The number of oxazole rings is 1. The fourth-order valence-electron chi connectivity index (χ4n) is 2.15. The Labute approximate surface area is 137 Å². The van der Waals surface area contributed by atoms with E-state index in [-0.39, 0.29) is 5.91 Å². The molecular formula is C17H16N2O3S. The molecule has 6 heteroatoms. The van der Waals surface area contributed by atoms with Gasteiger partial charge in [-0.3, -0.25) is 4.79 Å².